The second-order valence-electron chi connectivity index (χ2n) is 5.83. The molecule has 0 bridgehead atoms. The number of rotatable bonds is 7. The molecule has 1 aromatic carbocycles. The lowest BCUT2D eigenvalue weighted by Gasteiger charge is -2.12. The molecule has 1 aliphatic rings. The number of nitrogens with zero attached hydrogens (tertiary/aromatic N) is 1. The van der Waals surface area contributed by atoms with Crippen LogP contribution in [0.25, 0.3) is 0 Å². The second-order valence-corrected chi connectivity index (χ2v) is 5.83. The summed E-state index contributed by atoms with van der Waals surface area (Å²) in [4.78, 5) is 4.22. The number of benzene rings is 1. The summed E-state index contributed by atoms with van der Waals surface area (Å²) >= 11 is 0. The molecule has 0 atom stereocenters. The van der Waals surface area contributed by atoms with Gasteiger partial charge >= 0.3 is 0 Å². The van der Waals surface area contributed by atoms with Gasteiger partial charge in [-0.2, -0.15) is 0 Å². The van der Waals surface area contributed by atoms with E-state index in [0.29, 0.717) is 0 Å². The Balaban J connectivity index is 1.65. The van der Waals surface area contributed by atoms with E-state index in [1.54, 1.807) is 13.1 Å². The van der Waals surface area contributed by atoms with Crippen LogP contribution in [0.15, 0.2) is 23.2 Å². The zero-order valence-corrected chi connectivity index (χ0v) is 13.1. The van der Waals surface area contributed by atoms with Crippen molar-refractivity contribution in [2.45, 2.75) is 39.0 Å². The van der Waals surface area contributed by atoms with E-state index in [4.69, 9.17) is 0 Å². The molecule has 0 aliphatic heterocycles. The molecule has 1 aliphatic carbocycles. The molecule has 0 unspecified atom stereocenters. The minimum Gasteiger partial charge on any atom is -0.356 e. The molecule has 0 amide bonds. The van der Waals surface area contributed by atoms with Gasteiger partial charge in [0.2, 0.25) is 0 Å². The molecule has 1 saturated carbocycles. The molecule has 3 nitrogen and oxygen atoms in total. The van der Waals surface area contributed by atoms with Crippen molar-refractivity contribution < 1.29 is 4.39 Å². The predicted molar refractivity (Wildman–Crippen MR) is 86.2 cm³/mol. The van der Waals surface area contributed by atoms with Crippen LogP contribution in [-0.2, 0) is 6.42 Å². The molecule has 0 spiro atoms. The summed E-state index contributed by atoms with van der Waals surface area (Å²) < 4.78 is 13.0. The maximum atomic E-state index is 13.0. The van der Waals surface area contributed by atoms with Gasteiger partial charge in [-0.15, -0.1) is 0 Å². The Hall–Kier alpha value is -1.58. The normalized spacial score (nSPS) is 15.1. The molecule has 2 rings (SSSR count). The standard InChI is InChI=1S/C17H26FN3/c1-13-12-16(18)8-7-15(13)9-11-21-17(19-2)20-10-3-4-14-5-6-14/h7-8,12,14H,3-6,9-11H2,1-2H3,(H2,19,20,21). The van der Waals surface area contributed by atoms with Crippen LogP contribution < -0.4 is 10.6 Å². The summed E-state index contributed by atoms with van der Waals surface area (Å²) in [6, 6.07) is 4.96. The SMILES string of the molecule is CN=C(NCCCC1CC1)NCCc1ccc(F)cc1C. The maximum Gasteiger partial charge on any atom is 0.190 e. The fraction of sp³-hybridized carbons (Fsp3) is 0.588. The van der Waals surface area contributed by atoms with Crippen LogP contribution in [0.4, 0.5) is 4.39 Å². The Morgan fingerprint density at radius 1 is 1.29 bits per heavy atom. The quantitative estimate of drug-likeness (QED) is 0.460. The largest absolute Gasteiger partial charge is 0.356 e. The van der Waals surface area contributed by atoms with Crippen molar-refractivity contribution in [1.29, 1.82) is 0 Å². The molecular weight excluding hydrogens is 265 g/mol. The molecule has 21 heavy (non-hydrogen) atoms. The Morgan fingerprint density at radius 3 is 2.71 bits per heavy atom. The van der Waals surface area contributed by atoms with Gasteiger partial charge in [-0.05, 0) is 55.4 Å². The van der Waals surface area contributed by atoms with Crippen LogP contribution in [0.2, 0.25) is 0 Å². The predicted octanol–water partition coefficient (Wildman–Crippen LogP) is 3.03. The zero-order valence-electron chi connectivity index (χ0n) is 13.1. The number of aliphatic imine (C=N–C) groups is 1. The van der Waals surface area contributed by atoms with Crippen LogP contribution in [0.3, 0.4) is 0 Å². The highest BCUT2D eigenvalue weighted by molar-refractivity contribution is 5.79. The summed E-state index contributed by atoms with van der Waals surface area (Å²) in [5.41, 5.74) is 2.18. The first-order valence-corrected chi connectivity index (χ1v) is 7.88. The molecule has 0 heterocycles. The third-order valence-corrected chi connectivity index (χ3v) is 3.99. The first-order valence-electron chi connectivity index (χ1n) is 7.88. The molecule has 2 N–H and O–H groups in total. The third kappa shape index (κ3) is 5.74. The van der Waals surface area contributed by atoms with Crippen molar-refractivity contribution in [3.63, 3.8) is 0 Å². The van der Waals surface area contributed by atoms with E-state index in [1.807, 2.05) is 13.0 Å². The van der Waals surface area contributed by atoms with Crippen LogP contribution in [0.1, 0.15) is 36.8 Å². The molecule has 0 radical (unpaired) electrons. The Kier molecular flexibility index (Phi) is 6.03. The van der Waals surface area contributed by atoms with Crippen molar-refractivity contribution in [3.8, 4) is 0 Å². The van der Waals surface area contributed by atoms with Crippen LogP contribution in [0, 0.1) is 18.7 Å². The maximum absolute atomic E-state index is 13.0. The van der Waals surface area contributed by atoms with Crippen molar-refractivity contribution in [1.82, 2.24) is 10.6 Å². The Bertz CT molecular complexity index is 481. The number of hydrogen-bond acceptors (Lipinski definition) is 1. The van der Waals surface area contributed by atoms with Gasteiger partial charge in [-0.25, -0.2) is 4.39 Å². The van der Waals surface area contributed by atoms with Gasteiger partial charge in [0, 0.05) is 20.1 Å². The summed E-state index contributed by atoms with van der Waals surface area (Å²) in [5.74, 6) is 1.67. The zero-order chi connectivity index (χ0) is 15.1. The average molecular weight is 291 g/mol. The average Bonchev–Trinajstić information content (AvgIpc) is 3.28. The van der Waals surface area contributed by atoms with E-state index >= 15 is 0 Å². The highest BCUT2D eigenvalue weighted by Crippen LogP contribution is 2.33. The molecular formula is C17H26FN3. The lowest BCUT2D eigenvalue weighted by atomic mass is 10.1. The van der Waals surface area contributed by atoms with Crippen LogP contribution in [-0.4, -0.2) is 26.1 Å². The highest BCUT2D eigenvalue weighted by Gasteiger charge is 2.19. The lowest BCUT2D eigenvalue weighted by Crippen LogP contribution is -2.38. The fourth-order valence-electron chi connectivity index (χ4n) is 2.48. The van der Waals surface area contributed by atoms with Crippen molar-refractivity contribution in [2.75, 3.05) is 20.1 Å². The summed E-state index contributed by atoms with van der Waals surface area (Å²) in [6.07, 6.45) is 6.25. The number of hydrogen-bond donors (Lipinski definition) is 2. The van der Waals surface area contributed by atoms with E-state index in [-0.39, 0.29) is 5.82 Å². The Labute approximate surface area is 127 Å². The van der Waals surface area contributed by atoms with E-state index < -0.39 is 0 Å². The molecule has 1 aromatic rings. The number of guanidine groups is 1. The second kappa shape index (κ2) is 8.01. The first-order chi connectivity index (χ1) is 10.2. The highest BCUT2D eigenvalue weighted by atomic mass is 19.1. The van der Waals surface area contributed by atoms with Crippen LogP contribution in [0.5, 0.6) is 0 Å². The number of aryl methyl sites for hydroxylation is 1. The minimum absolute atomic E-state index is 0.169. The molecule has 116 valence electrons. The molecule has 0 saturated heterocycles. The summed E-state index contributed by atoms with van der Waals surface area (Å²) in [6.45, 7) is 3.73. The van der Waals surface area contributed by atoms with E-state index in [0.717, 1.165) is 37.0 Å². The van der Waals surface area contributed by atoms with Gasteiger partial charge in [-0.1, -0.05) is 18.9 Å². The smallest absolute Gasteiger partial charge is 0.190 e. The van der Waals surface area contributed by atoms with Crippen LogP contribution >= 0.6 is 0 Å². The topological polar surface area (TPSA) is 36.4 Å². The van der Waals surface area contributed by atoms with Gasteiger partial charge in [0.15, 0.2) is 5.96 Å². The van der Waals surface area contributed by atoms with Gasteiger partial charge in [0.1, 0.15) is 5.82 Å². The summed E-state index contributed by atoms with van der Waals surface area (Å²) in [5, 5.41) is 6.65. The molecule has 4 heteroatoms. The van der Waals surface area contributed by atoms with E-state index in [9.17, 15) is 4.39 Å². The fourth-order valence-corrected chi connectivity index (χ4v) is 2.48. The van der Waals surface area contributed by atoms with Crippen molar-refractivity contribution in [3.05, 3.63) is 35.1 Å². The van der Waals surface area contributed by atoms with Gasteiger partial charge in [0.25, 0.3) is 0 Å². The van der Waals surface area contributed by atoms with Gasteiger partial charge in [0.05, 0.1) is 0 Å². The van der Waals surface area contributed by atoms with Gasteiger partial charge in [-0.3, -0.25) is 4.99 Å². The van der Waals surface area contributed by atoms with Crippen molar-refractivity contribution >= 4 is 5.96 Å². The van der Waals surface area contributed by atoms with Gasteiger partial charge < -0.3 is 10.6 Å². The van der Waals surface area contributed by atoms with E-state index in [2.05, 4.69) is 15.6 Å². The molecule has 1 fully saturated rings. The van der Waals surface area contributed by atoms with Crippen molar-refractivity contribution in [2.24, 2.45) is 10.9 Å². The van der Waals surface area contributed by atoms with E-state index in [1.165, 1.54) is 37.3 Å². The molecule has 0 aromatic heterocycles. The third-order valence-electron chi connectivity index (χ3n) is 3.99. The Morgan fingerprint density at radius 2 is 2.05 bits per heavy atom. The lowest BCUT2D eigenvalue weighted by molar-refractivity contribution is 0.625. The number of nitrogens with one attached hydrogen (secondary N) is 2. The minimum atomic E-state index is -0.169. The number of halogens is 1. The summed E-state index contributed by atoms with van der Waals surface area (Å²) in [7, 11) is 1.79. The monoisotopic (exact) mass is 291 g/mol. The first kappa shape index (κ1) is 15.8.